The van der Waals surface area contributed by atoms with Crippen LogP contribution in [0.15, 0.2) is 4.79 Å². The third kappa shape index (κ3) is 5.40. The Balaban J connectivity index is 2.48. The Morgan fingerprint density at radius 1 is 1.25 bits per heavy atom. The van der Waals surface area contributed by atoms with Crippen molar-refractivity contribution in [3.63, 3.8) is 0 Å². The molecule has 8 heteroatoms. The van der Waals surface area contributed by atoms with Crippen molar-refractivity contribution in [1.29, 1.82) is 0 Å². The standard InChI is InChI=1S/C20H31N3O4S/c1-7-27-20(26)17-15(12(4)5)16-18(25)21-14(22-19(16)28-17)10-23(8-11(2)3)9-13(6)24/h11-13,24H,7-10H2,1-6H3,(H,21,22,25). The fraction of sp³-hybridized carbons (Fsp3) is 0.650. The van der Waals surface area contributed by atoms with Gasteiger partial charge in [-0.25, -0.2) is 9.78 Å². The second-order valence-electron chi connectivity index (χ2n) is 7.85. The molecule has 0 saturated heterocycles. The van der Waals surface area contributed by atoms with Crippen LogP contribution >= 0.6 is 11.3 Å². The molecule has 0 bridgehead atoms. The fourth-order valence-electron chi connectivity index (χ4n) is 3.35. The summed E-state index contributed by atoms with van der Waals surface area (Å²) < 4.78 is 5.17. The van der Waals surface area contributed by atoms with Gasteiger partial charge in [0.2, 0.25) is 0 Å². The highest BCUT2D eigenvalue weighted by atomic mass is 32.1. The number of H-pyrrole nitrogens is 1. The number of rotatable bonds is 9. The molecule has 1 unspecified atom stereocenters. The average Bonchev–Trinajstić information content (AvgIpc) is 2.94. The normalized spacial score (nSPS) is 13.1. The summed E-state index contributed by atoms with van der Waals surface area (Å²) in [5.74, 6) is 0.532. The van der Waals surface area contributed by atoms with Crippen molar-refractivity contribution in [3.05, 3.63) is 26.6 Å². The number of esters is 1. The Morgan fingerprint density at radius 3 is 2.46 bits per heavy atom. The molecule has 0 aliphatic rings. The first-order valence-electron chi connectivity index (χ1n) is 9.77. The molecule has 0 saturated carbocycles. The molecule has 156 valence electrons. The Morgan fingerprint density at radius 2 is 1.93 bits per heavy atom. The first-order valence-corrected chi connectivity index (χ1v) is 10.6. The lowest BCUT2D eigenvalue weighted by molar-refractivity contribution is 0.0530. The van der Waals surface area contributed by atoms with Crippen molar-refractivity contribution in [1.82, 2.24) is 14.9 Å². The molecular weight excluding hydrogens is 378 g/mol. The first-order chi connectivity index (χ1) is 13.1. The second-order valence-corrected chi connectivity index (χ2v) is 8.85. The van der Waals surface area contributed by atoms with E-state index in [9.17, 15) is 14.7 Å². The van der Waals surface area contributed by atoms with Crippen molar-refractivity contribution in [3.8, 4) is 0 Å². The third-order valence-corrected chi connectivity index (χ3v) is 5.28. The quantitative estimate of drug-likeness (QED) is 0.618. The smallest absolute Gasteiger partial charge is 0.348 e. The van der Waals surface area contributed by atoms with Gasteiger partial charge in [0.15, 0.2) is 0 Å². The summed E-state index contributed by atoms with van der Waals surface area (Å²) in [4.78, 5) is 35.8. The molecule has 1 atom stereocenters. The molecule has 0 aromatic carbocycles. The van der Waals surface area contributed by atoms with E-state index in [-0.39, 0.29) is 18.1 Å². The highest BCUT2D eigenvalue weighted by Crippen LogP contribution is 2.33. The summed E-state index contributed by atoms with van der Waals surface area (Å²) >= 11 is 1.21. The lowest BCUT2D eigenvalue weighted by Gasteiger charge is -2.24. The van der Waals surface area contributed by atoms with Gasteiger partial charge in [0.05, 0.1) is 24.6 Å². The Labute approximate surface area is 169 Å². The van der Waals surface area contributed by atoms with Crippen LogP contribution in [0, 0.1) is 5.92 Å². The molecule has 0 fully saturated rings. The van der Waals surface area contributed by atoms with Gasteiger partial charge in [-0.3, -0.25) is 9.69 Å². The number of hydrogen-bond acceptors (Lipinski definition) is 7. The van der Waals surface area contributed by atoms with Gasteiger partial charge in [-0.05, 0) is 31.2 Å². The molecule has 2 aromatic rings. The maximum absolute atomic E-state index is 12.8. The Hall–Kier alpha value is -1.77. The van der Waals surface area contributed by atoms with Crippen LogP contribution in [-0.4, -0.2) is 51.7 Å². The second kappa shape index (κ2) is 9.62. The van der Waals surface area contributed by atoms with Crippen molar-refractivity contribution in [2.75, 3.05) is 19.7 Å². The topological polar surface area (TPSA) is 95.5 Å². The van der Waals surface area contributed by atoms with Crippen LogP contribution in [0.1, 0.15) is 68.5 Å². The van der Waals surface area contributed by atoms with Gasteiger partial charge < -0.3 is 14.8 Å². The van der Waals surface area contributed by atoms with Gasteiger partial charge in [0, 0.05) is 13.1 Å². The number of nitrogens with zero attached hydrogens (tertiary/aromatic N) is 2. The predicted octanol–water partition coefficient (Wildman–Crippen LogP) is 3.12. The lowest BCUT2D eigenvalue weighted by atomic mass is 10.0. The first kappa shape index (κ1) is 22.5. The molecule has 0 radical (unpaired) electrons. The number of carbonyl (C=O) groups is 1. The molecule has 0 amide bonds. The van der Waals surface area contributed by atoms with E-state index in [1.807, 2.05) is 13.8 Å². The molecule has 2 heterocycles. The van der Waals surface area contributed by atoms with Gasteiger partial charge in [0.1, 0.15) is 15.5 Å². The van der Waals surface area contributed by atoms with Crippen molar-refractivity contribution < 1.29 is 14.6 Å². The number of aromatic nitrogens is 2. The number of carbonyl (C=O) groups excluding carboxylic acids is 1. The monoisotopic (exact) mass is 409 g/mol. The largest absolute Gasteiger partial charge is 0.462 e. The number of fused-ring (bicyclic) bond motifs is 1. The van der Waals surface area contributed by atoms with Gasteiger partial charge in [-0.1, -0.05) is 27.7 Å². The van der Waals surface area contributed by atoms with E-state index >= 15 is 0 Å². The van der Waals surface area contributed by atoms with Crippen LogP contribution in [-0.2, 0) is 11.3 Å². The van der Waals surface area contributed by atoms with E-state index in [0.29, 0.717) is 45.5 Å². The van der Waals surface area contributed by atoms with Crippen LogP contribution in [0.2, 0.25) is 0 Å². The minimum absolute atomic E-state index is 0.00501. The minimum atomic E-state index is -0.473. The highest BCUT2D eigenvalue weighted by Gasteiger charge is 2.25. The summed E-state index contributed by atoms with van der Waals surface area (Å²) in [6, 6.07) is 0. The number of ether oxygens (including phenoxy) is 1. The van der Waals surface area contributed by atoms with Gasteiger partial charge >= 0.3 is 5.97 Å². The number of aliphatic hydroxyl groups is 1. The number of hydrogen-bond donors (Lipinski definition) is 2. The Bertz CT molecular complexity index is 860. The van der Waals surface area contributed by atoms with Crippen LogP contribution in [0.5, 0.6) is 0 Å². The van der Waals surface area contributed by atoms with E-state index in [1.54, 1.807) is 13.8 Å². The van der Waals surface area contributed by atoms with Gasteiger partial charge in [-0.2, -0.15) is 0 Å². The highest BCUT2D eigenvalue weighted by molar-refractivity contribution is 7.20. The van der Waals surface area contributed by atoms with Crippen molar-refractivity contribution >= 4 is 27.5 Å². The maximum atomic E-state index is 12.8. The lowest BCUT2D eigenvalue weighted by Crippen LogP contribution is -2.34. The van der Waals surface area contributed by atoms with E-state index in [0.717, 1.165) is 6.54 Å². The van der Waals surface area contributed by atoms with E-state index in [4.69, 9.17) is 4.74 Å². The predicted molar refractivity (Wildman–Crippen MR) is 112 cm³/mol. The zero-order chi connectivity index (χ0) is 21.0. The number of nitrogens with one attached hydrogen (secondary N) is 1. The molecule has 0 aliphatic heterocycles. The molecular formula is C20H31N3O4S. The summed E-state index contributed by atoms with van der Waals surface area (Å²) in [6.45, 7) is 13.6. The van der Waals surface area contributed by atoms with Crippen LogP contribution in [0.3, 0.4) is 0 Å². The maximum Gasteiger partial charge on any atom is 0.348 e. The molecule has 0 aliphatic carbocycles. The van der Waals surface area contributed by atoms with Crippen molar-refractivity contribution in [2.24, 2.45) is 5.92 Å². The zero-order valence-electron chi connectivity index (χ0n) is 17.5. The summed E-state index contributed by atoms with van der Waals surface area (Å²) in [5, 5.41) is 10.2. The molecule has 2 N–H and O–H groups in total. The molecule has 2 aromatic heterocycles. The Kier molecular flexibility index (Phi) is 7.74. The molecule has 7 nitrogen and oxygen atoms in total. The SMILES string of the molecule is CCOC(=O)c1sc2nc(CN(CC(C)C)CC(C)O)[nH]c(=O)c2c1C(C)C. The number of aliphatic hydroxyl groups excluding tert-OH is 1. The summed E-state index contributed by atoms with van der Waals surface area (Å²) in [7, 11) is 0. The summed E-state index contributed by atoms with van der Waals surface area (Å²) in [5.41, 5.74) is 0.457. The van der Waals surface area contributed by atoms with Gasteiger partial charge in [0.25, 0.3) is 5.56 Å². The van der Waals surface area contributed by atoms with Crippen molar-refractivity contribution in [2.45, 2.75) is 60.1 Å². The fourth-order valence-corrected chi connectivity index (χ4v) is 4.60. The summed E-state index contributed by atoms with van der Waals surface area (Å²) in [6.07, 6.45) is -0.473. The van der Waals surface area contributed by atoms with Gasteiger partial charge in [-0.15, -0.1) is 11.3 Å². The zero-order valence-corrected chi connectivity index (χ0v) is 18.4. The number of aromatic amines is 1. The molecule has 28 heavy (non-hydrogen) atoms. The van der Waals surface area contributed by atoms with Crippen LogP contribution in [0.4, 0.5) is 0 Å². The molecule has 2 rings (SSSR count). The minimum Gasteiger partial charge on any atom is -0.462 e. The number of thiophene rings is 1. The van der Waals surface area contributed by atoms with E-state index < -0.39 is 12.1 Å². The molecule has 0 spiro atoms. The average molecular weight is 410 g/mol. The third-order valence-electron chi connectivity index (χ3n) is 4.21. The van der Waals surface area contributed by atoms with E-state index in [2.05, 4.69) is 28.7 Å². The van der Waals surface area contributed by atoms with Crippen LogP contribution in [0.25, 0.3) is 10.2 Å². The van der Waals surface area contributed by atoms with Crippen LogP contribution < -0.4 is 5.56 Å². The van der Waals surface area contributed by atoms with E-state index in [1.165, 1.54) is 11.3 Å².